The summed E-state index contributed by atoms with van der Waals surface area (Å²) in [6, 6.07) is 5.45. The first-order valence-corrected chi connectivity index (χ1v) is 7.95. The molecule has 1 amide bonds. The van der Waals surface area contributed by atoms with Gasteiger partial charge in [-0.05, 0) is 30.2 Å². The highest BCUT2D eigenvalue weighted by Gasteiger charge is 2.39. The van der Waals surface area contributed by atoms with E-state index in [4.69, 9.17) is 12.2 Å². The third kappa shape index (κ3) is 3.48. The quantitative estimate of drug-likeness (QED) is 0.635. The molecule has 1 saturated heterocycles. The minimum absolute atomic E-state index is 0.138. The number of hydrogen-bond donors (Lipinski definition) is 2. The number of phenols is 1. The minimum Gasteiger partial charge on any atom is -0.508 e. The summed E-state index contributed by atoms with van der Waals surface area (Å²) in [7, 11) is 0. The molecule has 0 bridgehead atoms. The number of aliphatic carboxylic acids is 1. The van der Waals surface area contributed by atoms with E-state index in [0.717, 1.165) is 17.3 Å². The molecule has 1 aromatic carbocycles. The maximum absolute atomic E-state index is 12.4. The molecule has 0 aliphatic carbocycles. The first-order chi connectivity index (χ1) is 10.4. The Kier molecular flexibility index (Phi) is 5.20. The number of hydrogen-bond acceptors (Lipinski definition) is 5. The zero-order chi connectivity index (χ0) is 16.3. The number of carboxylic acids is 1. The van der Waals surface area contributed by atoms with Crippen LogP contribution in [0.5, 0.6) is 5.75 Å². The third-order valence-corrected chi connectivity index (χ3v) is 4.50. The molecule has 2 N–H and O–H groups in total. The fraction of sp³-hybridized carbons (Fsp3) is 0.267. The summed E-state index contributed by atoms with van der Waals surface area (Å²) in [5.41, 5.74) is 0.737. The molecule has 1 unspecified atom stereocenters. The number of carbonyl (C=O) groups is 2. The lowest BCUT2D eigenvalue weighted by atomic mass is 10.1. The molecule has 22 heavy (non-hydrogen) atoms. The number of thioether (sulfide) groups is 1. The Balaban J connectivity index is 2.27. The molecule has 1 atom stereocenters. The minimum atomic E-state index is -1.05. The highest BCUT2D eigenvalue weighted by Crippen LogP contribution is 2.35. The van der Waals surface area contributed by atoms with E-state index in [-0.39, 0.29) is 16.0 Å². The van der Waals surface area contributed by atoms with Gasteiger partial charge in [0, 0.05) is 0 Å². The van der Waals surface area contributed by atoms with Crippen molar-refractivity contribution in [3.8, 4) is 5.75 Å². The molecule has 0 aromatic heterocycles. The smallest absolute Gasteiger partial charge is 0.326 e. The van der Waals surface area contributed by atoms with Crippen molar-refractivity contribution < 1.29 is 19.8 Å². The van der Waals surface area contributed by atoms with Crippen LogP contribution in [0.25, 0.3) is 6.08 Å². The summed E-state index contributed by atoms with van der Waals surface area (Å²) in [4.78, 5) is 25.4. The SMILES string of the molecule is CCCC(C(=O)O)N1C(=O)/C(=C\c2ccc(O)cc2)SC1=S. The van der Waals surface area contributed by atoms with Crippen molar-refractivity contribution in [2.75, 3.05) is 0 Å². The Morgan fingerprint density at radius 3 is 2.59 bits per heavy atom. The Morgan fingerprint density at radius 2 is 2.05 bits per heavy atom. The zero-order valence-corrected chi connectivity index (χ0v) is 13.5. The Hall–Kier alpha value is -1.86. The van der Waals surface area contributed by atoms with Crippen molar-refractivity contribution in [3.05, 3.63) is 34.7 Å². The molecule has 1 aliphatic rings. The molecular formula is C15H15NO4S2. The van der Waals surface area contributed by atoms with Crippen molar-refractivity contribution in [1.82, 2.24) is 4.90 Å². The average Bonchev–Trinajstić information content (AvgIpc) is 2.73. The van der Waals surface area contributed by atoms with Crippen molar-refractivity contribution in [3.63, 3.8) is 0 Å². The average molecular weight is 337 g/mol. The van der Waals surface area contributed by atoms with Crippen LogP contribution in [0.2, 0.25) is 0 Å². The van der Waals surface area contributed by atoms with Gasteiger partial charge in [-0.1, -0.05) is 49.5 Å². The van der Waals surface area contributed by atoms with Crippen LogP contribution in [0.4, 0.5) is 0 Å². The fourth-order valence-corrected chi connectivity index (χ4v) is 3.46. The predicted octanol–water partition coefficient (Wildman–Crippen LogP) is 2.85. The molecule has 0 spiro atoms. The molecule has 1 heterocycles. The topological polar surface area (TPSA) is 77.8 Å². The maximum atomic E-state index is 12.4. The lowest BCUT2D eigenvalue weighted by Gasteiger charge is -2.22. The van der Waals surface area contributed by atoms with Crippen LogP contribution >= 0.6 is 24.0 Å². The van der Waals surface area contributed by atoms with Crippen LogP contribution in [0, 0.1) is 0 Å². The maximum Gasteiger partial charge on any atom is 0.326 e. The lowest BCUT2D eigenvalue weighted by Crippen LogP contribution is -2.43. The molecule has 2 rings (SSSR count). The monoisotopic (exact) mass is 337 g/mol. The molecule has 1 aliphatic heterocycles. The first-order valence-electron chi connectivity index (χ1n) is 6.73. The van der Waals surface area contributed by atoms with Gasteiger partial charge in [0.15, 0.2) is 0 Å². The van der Waals surface area contributed by atoms with E-state index in [1.165, 1.54) is 17.0 Å². The van der Waals surface area contributed by atoms with Crippen LogP contribution in [0.1, 0.15) is 25.3 Å². The molecule has 1 fully saturated rings. The van der Waals surface area contributed by atoms with Crippen molar-refractivity contribution in [2.24, 2.45) is 0 Å². The van der Waals surface area contributed by atoms with Gasteiger partial charge in [-0.15, -0.1) is 0 Å². The number of nitrogens with zero attached hydrogens (tertiary/aromatic N) is 1. The van der Waals surface area contributed by atoms with Gasteiger partial charge in [0.1, 0.15) is 16.1 Å². The number of carboxylic acid groups (broad SMARTS) is 1. The van der Waals surface area contributed by atoms with Gasteiger partial charge in [-0.2, -0.15) is 0 Å². The fourth-order valence-electron chi connectivity index (χ4n) is 2.11. The van der Waals surface area contributed by atoms with E-state index < -0.39 is 12.0 Å². The van der Waals surface area contributed by atoms with E-state index in [1.54, 1.807) is 18.2 Å². The third-order valence-electron chi connectivity index (χ3n) is 3.17. The first kappa shape index (κ1) is 16.5. The van der Waals surface area contributed by atoms with Crippen molar-refractivity contribution in [1.29, 1.82) is 0 Å². The number of amides is 1. The van der Waals surface area contributed by atoms with E-state index >= 15 is 0 Å². The second-order valence-corrected chi connectivity index (χ2v) is 6.46. The number of aromatic hydroxyl groups is 1. The predicted molar refractivity (Wildman–Crippen MR) is 89.5 cm³/mol. The zero-order valence-electron chi connectivity index (χ0n) is 11.9. The van der Waals surface area contributed by atoms with Gasteiger partial charge >= 0.3 is 5.97 Å². The van der Waals surface area contributed by atoms with E-state index in [0.29, 0.717) is 17.7 Å². The van der Waals surface area contributed by atoms with Gasteiger partial charge in [0.05, 0.1) is 4.91 Å². The van der Waals surface area contributed by atoms with Crippen LogP contribution in [-0.4, -0.2) is 37.4 Å². The van der Waals surface area contributed by atoms with Crippen LogP contribution in [0.3, 0.4) is 0 Å². The highest BCUT2D eigenvalue weighted by molar-refractivity contribution is 8.26. The van der Waals surface area contributed by atoms with Gasteiger partial charge < -0.3 is 10.2 Å². The second-order valence-electron chi connectivity index (χ2n) is 4.79. The second kappa shape index (κ2) is 6.93. The molecular weight excluding hydrogens is 322 g/mol. The Labute approximate surface area is 137 Å². The number of thiocarbonyl (C=S) groups is 1. The molecule has 0 saturated carbocycles. The summed E-state index contributed by atoms with van der Waals surface area (Å²) in [6.07, 6.45) is 2.64. The van der Waals surface area contributed by atoms with Gasteiger partial charge in [0.25, 0.3) is 5.91 Å². The molecule has 1 aromatic rings. The number of phenolic OH excluding ortho intramolecular Hbond substituents is 1. The standard InChI is InChI=1S/C15H15NO4S2/c1-2-3-11(14(19)20)16-13(18)12(22-15(16)21)8-9-4-6-10(17)7-5-9/h4-8,11,17H,2-3H2,1H3,(H,19,20)/b12-8+. The molecule has 0 radical (unpaired) electrons. The number of rotatable bonds is 5. The van der Waals surface area contributed by atoms with Crippen molar-refractivity contribution >= 4 is 46.3 Å². The normalized spacial score (nSPS) is 18.0. The number of carbonyl (C=O) groups excluding carboxylic acids is 1. The van der Waals surface area contributed by atoms with Gasteiger partial charge in [0.2, 0.25) is 0 Å². The highest BCUT2D eigenvalue weighted by atomic mass is 32.2. The van der Waals surface area contributed by atoms with Crippen LogP contribution < -0.4 is 0 Å². The summed E-state index contributed by atoms with van der Waals surface area (Å²) < 4.78 is 0.260. The Morgan fingerprint density at radius 1 is 1.41 bits per heavy atom. The summed E-state index contributed by atoms with van der Waals surface area (Å²) in [5, 5.41) is 18.6. The largest absolute Gasteiger partial charge is 0.508 e. The van der Waals surface area contributed by atoms with E-state index in [9.17, 15) is 19.8 Å². The summed E-state index contributed by atoms with van der Waals surface area (Å²) >= 11 is 6.26. The number of benzene rings is 1. The lowest BCUT2D eigenvalue weighted by molar-refractivity contribution is -0.145. The van der Waals surface area contributed by atoms with Crippen LogP contribution in [-0.2, 0) is 9.59 Å². The molecule has 7 heteroatoms. The molecule has 5 nitrogen and oxygen atoms in total. The van der Waals surface area contributed by atoms with E-state index in [2.05, 4.69) is 0 Å². The van der Waals surface area contributed by atoms with Gasteiger partial charge in [-0.25, -0.2) is 4.79 Å². The summed E-state index contributed by atoms with van der Waals surface area (Å²) in [5.74, 6) is -1.30. The summed E-state index contributed by atoms with van der Waals surface area (Å²) in [6.45, 7) is 1.86. The van der Waals surface area contributed by atoms with Gasteiger partial charge in [-0.3, -0.25) is 9.69 Å². The van der Waals surface area contributed by atoms with Crippen LogP contribution in [0.15, 0.2) is 29.2 Å². The van der Waals surface area contributed by atoms with Crippen molar-refractivity contribution in [2.45, 2.75) is 25.8 Å². The molecule has 116 valence electrons. The Bertz CT molecular complexity index is 639. The van der Waals surface area contributed by atoms with E-state index in [1.807, 2.05) is 6.92 Å².